The van der Waals surface area contributed by atoms with Crippen LogP contribution in [0.4, 0.5) is 0 Å². The van der Waals surface area contributed by atoms with Crippen molar-refractivity contribution < 1.29 is 9.62 Å². The first-order valence-electron chi connectivity index (χ1n) is 1.66. The molecule has 0 saturated carbocycles. The molecule has 0 atom stereocenters. The van der Waals surface area contributed by atoms with E-state index >= 15 is 0 Å². The minimum Gasteiger partial charge on any atom is -0.423 e. The van der Waals surface area contributed by atoms with Crippen molar-refractivity contribution in [3.8, 4) is 0 Å². The van der Waals surface area contributed by atoms with Gasteiger partial charge in [-0.15, -0.1) is 4.73 Å². The molecule has 4 heteroatoms. The lowest BCUT2D eigenvalue weighted by Gasteiger charge is -1.74. The maximum absolute atomic E-state index is 9.97. The SMILES string of the molecule is O=c1occn1O. The van der Waals surface area contributed by atoms with Gasteiger partial charge in [0.05, 0.1) is 6.20 Å². The first kappa shape index (κ1) is 3.98. The molecule has 0 aliphatic heterocycles. The molecule has 1 rings (SSSR count). The Kier molecular flexibility index (Phi) is 0.651. The molecule has 4 nitrogen and oxygen atoms in total. The zero-order valence-electron chi connectivity index (χ0n) is 3.37. The van der Waals surface area contributed by atoms with Crippen LogP contribution in [0.15, 0.2) is 21.7 Å². The van der Waals surface area contributed by atoms with Gasteiger partial charge in [0.2, 0.25) is 0 Å². The molecule has 0 aliphatic carbocycles. The van der Waals surface area contributed by atoms with Gasteiger partial charge in [-0.3, -0.25) is 0 Å². The fourth-order valence-electron chi connectivity index (χ4n) is 0.261. The molecule has 1 heterocycles. The van der Waals surface area contributed by atoms with Crippen molar-refractivity contribution in [2.75, 3.05) is 0 Å². The molecular weight excluding hydrogens is 98.0 g/mol. The average Bonchev–Trinajstić information content (AvgIpc) is 1.91. The molecule has 0 radical (unpaired) electrons. The van der Waals surface area contributed by atoms with E-state index < -0.39 is 5.76 Å². The Morgan fingerprint density at radius 1 is 1.86 bits per heavy atom. The van der Waals surface area contributed by atoms with E-state index in [4.69, 9.17) is 5.21 Å². The van der Waals surface area contributed by atoms with Gasteiger partial charge in [0.25, 0.3) is 0 Å². The molecule has 0 spiro atoms. The first-order chi connectivity index (χ1) is 3.30. The van der Waals surface area contributed by atoms with Crippen molar-refractivity contribution >= 4 is 0 Å². The molecule has 1 N–H and O–H groups in total. The predicted molar refractivity (Wildman–Crippen MR) is 20.2 cm³/mol. The molecule has 0 bridgehead atoms. The maximum Gasteiger partial charge on any atom is 0.451 e. The summed E-state index contributed by atoms with van der Waals surface area (Å²) in [6.07, 6.45) is 2.21. The fraction of sp³-hybridized carbons (Fsp3) is 0. The van der Waals surface area contributed by atoms with Crippen molar-refractivity contribution in [3.63, 3.8) is 0 Å². The molecule has 0 saturated heterocycles. The van der Waals surface area contributed by atoms with Crippen molar-refractivity contribution in [2.24, 2.45) is 0 Å². The Balaban J connectivity index is 3.39. The number of hydrogen-bond donors (Lipinski definition) is 1. The van der Waals surface area contributed by atoms with E-state index in [0.29, 0.717) is 4.73 Å². The molecule has 0 fully saturated rings. The Morgan fingerprint density at radius 3 is 2.71 bits per heavy atom. The second kappa shape index (κ2) is 1.14. The van der Waals surface area contributed by atoms with Crippen LogP contribution in [0.2, 0.25) is 0 Å². The van der Waals surface area contributed by atoms with Crippen LogP contribution in [0, 0.1) is 0 Å². The van der Waals surface area contributed by atoms with E-state index in [1.54, 1.807) is 0 Å². The highest BCUT2D eigenvalue weighted by Crippen LogP contribution is 1.70. The van der Waals surface area contributed by atoms with Crippen LogP contribution in [-0.2, 0) is 0 Å². The Morgan fingerprint density at radius 2 is 2.57 bits per heavy atom. The topological polar surface area (TPSA) is 55.4 Å². The van der Waals surface area contributed by atoms with Crippen LogP contribution >= 0.6 is 0 Å². The van der Waals surface area contributed by atoms with Crippen molar-refractivity contribution in [3.05, 3.63) is 23.0 Å². The van der Waals surface area contributed by atoms with Crippen molar-refractivity contribution in [2.45, 2.75) is 0 Å². The molecule has 1 aromatic heterocycles. The summed E-state index contributed by atoms with van der Waals surface area (Å²) in [6.45, 7) is 0. The van der Waals surface area contributed by atoms with Crippen molar-refractivity contribution in [1.29, 1.82) is 0 Å². The highest BCUT2D eigenvalue weighted by atomic mass is 16.5. The number of oxazole rings is 1. The first-order valence-corrected chi connectivity index (χ1v) is 1.66. The fourth-order valence-corrected chi connectivity index (χ4v) is 0.261. The summed E-state index contributed by atoms with van der Waals surface area (Å²) in [5.41, 5.74) is 0. The number of aromatic nitrogens is 1. The molecule has 1 aromatic rings. The quantitative estimate of drug-likeness (QED) is 0.455. The maximum atomic E-state index is 9.97. The largest absolute Gasteiger partial charge is 0.451 e. The number of nitrogens with zero attached hydrogens (tertiary/aromatic N) is 1. The minimum atomic E-state index is -0.764. The highest BCUT2D eigenvalue weighted by molar-refractivity contribution is 4.62. The van der Waals surface area contributed by atoms with Gasteiger partial charge < -0.3 is 9.62 Å². The smallest absolute Gasteiger partial charge is 0.423 e. The average molecular weight is 101 g/mol. The zero-order chi connectivity index (χ0) is 5.28. The predicted octanol–water partition coefficient (Wildman–Crippen LogP) is -0.321. The van der Waals surface area contributed by atoms with Crippen LogP contribution in [0.5, 0.6) is 0 Å². The van der Waals surface area contributed by atoms with Gasteiger partial charge in [-0.1, -0.05) is 0 Å². The summed E-state index contributed by atoms with van der Waals surface area (Å²) >= 11 is 0. The third-order valence-electron chi connectivity index (χ3n) is 0.558. The lowest BCUT2D eigenvalue weighted by molar-refractivity contribution is 0.161. The van der Waals surface area contributed by atoms with Gasteiger partial charge in [0.1, 0.15) is 6.26 Å². The summed E-state index contributed by atoms with van der Waals surface area (Å²) in [4.78, 5) is 9.97. The minimum absolute atomic E-state index is 0.361. The Hall–Kier alpha value is -1.19. The molecule has 7 heavy (non-hydrogen) atoms. The second-order valence-corrected chi connectivity index (χ2v) is 1.01. The summed E-state index contributed by atoms with van der Waals surface area (Å²) in [5.74, 6) is -0.764. The number of rotatable bonds is 0. The standard InChI is InChI=1S/C3H3NO3/c5-3-4(6)1-2-7-3/h1-2,6H. The molecule has 0 unspecified atom stereocenters. The summed E-state index contributed by atoms with van der Waals surface area (Å²) in [6, 6.07) is 0. The Labute approximate surface area is 38.6 Å². The van der Waals surface area contributed by atoms with Crippen LogP contribution < -0.4 is 5.76 Å². The zero-order valence-corrected chi connectivity index (χ0v) is 3.37. The van der Waals surface area contributed by atoms with Crippen LogP contribution in [0.3, 0.4) is 0 Å². The van der Waals surface area contributed by atoms with E-state index in [9.17, 15) is 4.79 Å². The van der Waals surface area contributed by atoms with E-state index in [-0.39, 0.29) is 0 Å². The summed E-state index contributed by atoms with van der Waals surface area (Å²) < 4.78 is 4.48. The van der Waals surface area contributed by atoms with Gasteiger partial charge in [0.15, 0.2) is 0 Å². The van der Waals surface area contributed by atoms with Crippen molar-refractivity contribution in [1.82, 2.24) is 4.73 Å². The summed E-state index contributed by atoms with van der Waals surface area (Å²) in [5, 5.41) is 8.27. The third kappa shape index (κ3) is 0.489. The van der Waals surface area contributed by atoms with E-state index in [1.165, 1.54) is 0 Å². The molecule has 38 valence electrons. The van der Waals surface area contributed by atoms with E-state index in [1.807, 2.05) is 0 Å². The van der Waals surface area contributed by atoms with Gasteiger partial charge in [-0.25, -0.2) is 4.79 Å². The monoisotopic (exact) mass is 101 g/mol. The van der Waals surface area contributed by atoms with Gasteiger partial charge >= 0.3 is 5.76 Å². The lowest BCUT2D eigenvalue weighted by Crippen LogP contribution is -2.08. The lowest BCUT2D eigenvalue weighted by atomic mass is 11.0. The van der Waals surface area contributed by atoms with E-state index in [2.05, 4.69) is 4.42 Å². The van der Waals surface area contributed by atoms with Crippen LogP contribution in [-0.4, -0.2) is 9.94 Å². The normalized spacial score (nSPS) is 9.14. The second-order valence-electron chi connectivity index (χ2n) is 1.01. The van der Waals surface area contributed by atoms with Gasteiger partial charge in [-0.05, 0) is 0 Å². The van der Waals surface area contributed by atoms with Gasteiger partial charge in [-0.2, -0.15) is 0 Å². The third-order valence-corrected chi connectivity index (χ3v) is 0.558. The molecular formula is C3H3NO3. The molecule has 0 aromatic carbocycles. The molecule has 0 amide bonds. The Bertz CT molecular complexity index is 198. The van der Waals surface area contributed by atoms with Crippen LogP contribution in [0.25, 0.3) is 0 Å². The van der Waals surface area contributed by atoms with Crippen LogP contribution in [0.1, 0.15) is 0 Å². The van der Waals surface area contributed by atoms with E-state index in [0.717, 1.165) is 12.5 Å². The summed E-state index contributed by atoms with van der Waals surface area (Å²) in [7, 11) is 0. The van der Waals surface area contributed by atoms with Gasteiger partial charge in [0, 0.05) is 0 Å². The molecule has 0 aliphatic rings. The highest BCUT2D eigenvalue weighted by Gasteiger charge is 1.87. The number of hydrogen-bond acceptors (Lipinski definition) is 3.